The third-order valence-electron chi connectivity index (χ3n) is 8.21. The van der Waals surface area contributed by atoms with Crippen LogP contribution in [-0.2, 0) is 4.79 Å². The predicted molar refractivity (Wildman–Crippen MR) is 201 cm³/mol. The Morgan fingerprint density at radius 1 is 1.04 bits per heavy atom. The van der Waals surface area contributed by atoms with Crippen molar-refractivity contribution in [2.75, 3.05) is 60.5 Å². The number of halogens is 1. The van der Waals surface area contributed by atoms with Gasteiger partial charge in [0.1, 0.15) is 0 Å². The van der Waals surface area contributed by atoms with Crippen LogP contribution in [-0.4, -0.2) is 87.2 Å². The van der Waals surface area contributed by atoms with Gasteiger partial charge in [0.15, 0.2) is 0 Å². The van der Waals surface area contributed by atoms with Crippen LogP contribution >= 0.6 is 0 Å². The lowest BCUT2D eigenvalue weighted by molar-refractivity contribution is -0.130. The molecule has 3 unspecified atom stereocenters. The van der Waals surface area contributed by atoms with Crippen LogP contribution in [0.1, 0.15) is 121 Å². The van der Waals surface area contributed by atoms with Crippen molar-refractivity contribution < 1.29 is 9.18 Å². The molecule has 1 N–H and O–H groups in total. The number of carbonyl (C=O) groups is 1. The minimum Gasteiger partial charge on any atom is -0.371 e. The second-order valence-electron chi connectivity index (χ2n) is 11.6. The predicted octanol–water partition coefficient (Wildman–Crippen LogP) is 9.68. The molecule has 4 aliphatic rings. The number of hydrogen-bond acceptors (Lipinski definition) is 4. The number of allylic oxidation sites excluding steroid dienone is 6. The van der Waals surface area contributed by atoms with Gasteiger partial charge in [-0.25, -0.2) is 0 Å². The summed E-state index contributed by atoms with van der Waals surface area (Å²) < 4.78 is 10.3. The van der Waals surface area contributed by atoms with E-state index in [-0.39, 0.29) is 18.0 Å². The minimum atomic E-state index is -0.250. The van der Waals surface area contributed by atoms with Gasteiger partial charge in [-0.3, -0.25) is 9.18 Å². The first kappa shape index (κ1) is 47.5. The Morgan fingerprint density at radius 2 is 1.56 bits per heavy atom. The van der Waals surface area contributed by atoms with Gasteiger partial charge in [-0.15, -0.1) is 0 Å². The minimum absolute atomic E-state index is 0.204. The van der Waals surface area contributed by atoms with E-state index in [2.05, 4.69) is 73.8 Å². The molecule has 0 aromatic rings. The van der Waals surface area contributed by atoms with Gasteiger partial charge in [0.2, 0.25) is 5.91 Å². The van der Waals surface area contributed by atoms with E-state index in [1.54, 1.807) is 6.92 Å². The fourth-order valence-electron chi connectivity index (χ4n) is 5.87. The van der Waals surface area contributed by atoms with Crippen LogP contribution in [0.25, 0.3) is 0 Å². The number of hydrogen-bond donors (Lipinski definition) is 1. The Balaban J connectivity index is -0.000000643. The van der Waals surface area contributed by atoms with E-state index in [1.165, 1.54) is 68.7 Å². The van der Waals surface area contributed by atoms with E-state index in [4.69, 9.17) is 0 Å². The zero-order chi connectivity index (χ0) is 35.4. The zero-order valence-corrected chi connectivity index (χ0v) is 32.5. The third kappa shape index (κ3) is 18.1. The maximum absolute atomic E-state index is 11.5. The van der Waals surface area contributed by atoms with Crippen molar-refractivity contribution in [2.45, 2.75) is 127 Å². The van der Waals surface area contributed by atoms with Crippen molar-refractivity contribution in [3.05, 3.63) is 47.7 Å². The number of unbranched alkanes of at least 4 members (excludes halogenated alkanes) is 1. The molecular weight excluding hydrogens is 559 g/mol. The zero-order valence-electron chi connectivity index (χ0n) is 32.5. The first-order valence-electron chi connectivity index (χ1n) is 18.2. The lowest BCUT2D eigenvalue weighted by Gasteiger charge is -2.52. The summed E-state index contributed by atoms with van der Waals surface area (Å²) in [6.45, 7) is 30.7. The lowest BCUT2D eigenvalue weighted by Crippen LogP contribution is -2.54. The average Bonchev–Trinajstić information content (AvgIpc) is 3.05. The molecule has 266 valence electrons. The van der Waals surface area contributed by atoms with Gasteiger partial charge < -0.3 is 20.0 Å². The quantitative estimate of drug-likeness (QED) is 0.335. The van der Waals surface area contributed by atoms with Gasteiger partial charge in [0.25, 0.3) is 0 Å². The Kier molecular flexibility index (Phi) is 31.1. The molecule has 0 aromatic heterocycles. The Labute approximate surface area is 281 Å². The number of nitrogens with zero attached hydrogens (tertiary/aromatic N) is 3. The average molecular weight is 637 g/mol. The summed E-state index contributed by atoms with van der Waals surface area (Å²) in [7, 11) is 5.99. The molecule has 45 heavy (non-hydrogen) atoms. The number of piperidine rings is 1. The highest BCUT2D eigenvalue weighted by Gasteiger charge is 2.44. The van der Waals surface area contributed by atoms with Crippen molar-refractivity contribution in [1.82, 2.24) is 20.0 Å². The van der Waals surface area contributed by atoms with E-state index >= 15 is 0 Å². The van der Waals surface area contributed by atoms with E-state index in [9.17, 15) is 9.18 Å². The molecule has 0 spiro atoms. The van der Waals surface area contributed by atoms with Crippen LogP contribution in [0.2, 0.25) is 0 Å². The van der Waals surface area contributed by atoms with Crippen molar-refractivity contribution in [3.8, 4) is 0 Å². The number of amides is 1. The molecule has 2 aliphatic carbocycles. The molecule has 2 aliphatic heterocycles. The molecule has 3 fully saturated rings. The standard InChI is InChI=1S/C18H29N3O.C11H18.C2H5F.C2H7N.3C2H6/c1-14-12-16-17(6-5-7-18(16,3)13-19(14)4)21-10-8-20(9-11-21)15(2)22;1-3-4-8-11-9-6-5-7-10(11)2;1-2-3;1-3-2;3*1-2/h5-7,14,16H,8-13H2,1-4H3;8H,2-7,9H2,1H3;2H2,1H3;3H,1-2H3;3*1-2H3/b;11-8-;;;;;. The van der Waals surface area contributed by atoms with Crippen LogP contribution in [0.3, 0.4) is 0 Å². The monoisotopic (exact) mass is 637 g/mol. The number of carbonyl (C=O) groups excluding carboxylic acids is 1. The van der Waals surface area contributed by atoms with Crippen LogP contribution in [0, 0.1) is 11.3 Å². The summed E-state index contributed by atoms with van der Waals surface area (Å²) in [5.74, 6) is 0.808. The smallest absolute Gasteiger partial charge is 0.219 e. The number of fused-ring (bicyclic) bond motifs is 1. The second-order valence-corrected chi connectivity index (χ2v) is 11.6. The van der Waals surface area contributed by atoms with Crippen molar-refractivity contribution in [1.29, 1.82) is 0 Å². The molecule has 6 heteroatoms. The largest absolute Gasteiger partial charge is 0.371 e. The molecule has 3 atom stereocenters. The lowest BCUT2D eigenvalue weighted by atomic mass is 9.66. The number of rotatable bonds is 3. The molecule has 1 saturated carbocycles. The molecule has 2 heterocycles. The van der Waals surface area contributed by atoms with Crippen LogP contribution in [0.15, 0.2) is 47.7 Å². The highest BCUT2D eigenvalue weighted by molar-refractivity contribution is 5.73. The topological polar surface area (TPSA) is 38.8 Å². The van der Waals surface area contributed by atoms with Gasteiger partial charge in [-0.05, 0) is 85.2 Å². The second kappa shape index (κ2) is 29.5. The van der Waals surface area contributed by atoms with Gasteiger partial charge >= 0.3 is 0 Å². The molecule has 0 bridgehead atoms. The summed E-state index contributed by atoms with van der Waals surface area (Å²) >= 11 is 0. The number of piperazine rings is 1. The van der Waals surface area contributed by atoms with Crippen molar-refractivity contribution >= 4 is 5.91 Å². The number of alkyl halides is 1. The van der Waals surface area contributed by atoms with Crippen molar-refractivity contribution in [2.24, 2.45) is 11.3 Å². The fraction of sp³-hybridized carbons (Fsp3) is 0.769. The summed E-state index contributed by atoms with van der Waals surface area (Å²) in [4.78, 5) is 18.5. The Hall–Kier alpha value is -1.92. The molecule has 5 nitrogen and oxygen atoms in total. The normalized spacial score (nSPS) is 24.4. The molecule has 0 aromatic carbocycles. The SMILES string of the molecule is C=C1CCCC/C1=C/CCC.CC.CC.CC.CC(=O)N1CCN(C2=CC=CC3(C)CN(C)C(C)CC23)CC1.CCF.CNC. The number of nitrogens with one attached hydrogen (secondary N) is 1. The van der Waals surface area contributed by atoms with Gasteiger partial charge in [-0.1, -0.05) is 92.2 Å². The Morgan fingerprint density at radius 3 is 2.02 bits per heavy atom. The van der Waals surface area contributed by atoms with E-state index in [0.717, 1.165) is 32.7 Å². The van der Waals surface area contributed by atoms with Crippen LogP contribution in [0.4, 0.5) is 4.39 Å². The summed E-state index contributed by atoms with van der Waals surface area (Å²) in [6.07, 6.45) is 18.3. The van der Waals surface area contributed by atoms with Gasteiger partial charge in [0.05, 0.1) is 6.67 Å². The maximum atomic E-state index is 11.5. The molecule has 4 rings (SSSR count). The maximum Gasteiger partial charge on any atom is 0.219 e. The molecule has 1 amide bonds. The van der Waals surface area contributed by atoms with Crippen LogP contribution < -0.4 is 5.32 Å². The summed E-state index contributed by atoms with van der Waals surface area (Å²) in [5.41, 5.74) is 4.67. The third-order valence-corrected chi connectivity index (χ3v) is 8.21. The van der Waals surface area contributed by atoms with E-state index < -0.39 is 0 Å². The highest BCUT2D eigenvalue weighted by Crippen LogP contribution is 2.46. The first-order chi connectivity index (χ1) is 21.6. The highest BCUT2D eigenvalue weighted by atomic mass is 19.1. The summed E-state index contributed by atoms with van der Waals surface area (Å²) in [6, 6.07) is 0.631. The van der Waals surface area contributed by atoms with Crippen molar-refractivity contribution in [3.63, 3.8) is 0 Å². The Bertz CT molecular complexity index is 827. The fourth-order valence-corrected chi connectivity index (χ4v) is 5.87. The van der Waals surface area contributed by atoms with Crippen LogP contribution in [0.5, 0.6) is 0 Å². The molecule has 0 radical (unpaired) electrons. The molecular formula is C39H77FN4O. The van der Waals surface area contributed by atoms with Gasteiger partial charge in [-0.2, -0.15) is 0 Å². The van der Waals surface area contributed by atoms with E-state index in [1.807, 2.05) is 60.5 Å². The van der Waals surface area contributed by atoms with E-state index in [0.29, 0.717) is 12.0 Å². The first-order valence-corrected chi connectivity index (χ1v) is 18.2. The molecule has 2 saturated heterocycles. The summed E-state index contributed by atoms with van der Waals surface area (Å²) in [5, 5.41) is 2.75. The number of likely N-dealkylation sites (tertiary alicyclic amines) is 1. The van der Waals surface area contributed by atoms with Gasteiger partial charge in [0, 0.05) is 62.7 Å².